The molecule has 1 heterocycles. The third-order valence-electron chi connectivity index (χ3n) is 8.80. The maximum absolute atomic E-state index is 13.9. The summed E-state index contributed by atoms with van der Waals surface area (Å²) >= 11 is 1.40. The number of nitrogens with zero attached hydrogens (tertiary/aromatic N) is 1. The average molecular weight is 716 g/mol. The van der Waals surface area contributed by atoms with Crippen molar-refractivity contribution in [2.24, 2.45) is 0 Å². The van der Waals surface area contributed by atoms with Crippen LogP contribution in [0.15, 0.2) is 168 Å². The molecule has 0 saturated heterocycles. The molecule has 0 unspecified atom stereocenters. The van der Waals surface area contributed by atoms with E-state index in [1.165, 1.54) is 11.8 Å². The van der Waals surface area contributed by atoms with E-state index in [-0.39, 0.29) is 17.4 Å². The zero-order valence-corrected chi connectivity index (χ0v) is 29.7. The van der Waals surface area contributed by atoms with Gasteiger partial charge in [0.15, 0.2) is 0 Å². The van der Waals surface area contributed by atoms with E-state index < -0.39 is 11.8 Å². The van der Waals surface area contributed by atoms with E-state index in [4.69, 9.17) is 4.74 Å². The maximum atomic E-state index is 13.9. The van der Waals surface area contributed by atoms with Crippen molar-refractivity contribution in [3.8, 4) is 5.75 Å². The number of rotatable bonds is 11. The van der Waals surface area contributed by atoms with Gasteiger partial charge in [-0.15, -0.1) is 11.8 Å². The van der Waals surface area contributed by atoms with Gasteiger partial charge in [0.25, 0.3) is 11.8 Å². The van der Waals surface area contributed by atoms with Gasteiger partial charge in [-0.25, -0.2) is 0 Å². The van der Waals surface area contributed by atoms with Crippen LogP contribution >= 0.6 is 11.8 Å². The van der Waals surface area contributed by atoms with Gasteiger partial charge in [-0.05, 0) is 95.8 Å². The first-order valence-electron chi connectivity index (χ1n) is 17.4. The summed E-state index contributed by atoms with van der Waals surface area (Å²) in [6.45, 7) is 0.433. The molecule has 6 aromatic rings. The molecule has 0 saturated carbocycles. The summed E-state index contributed by atoms with van der Waals surface area (Å²) in [4.78, 5) is 43.5. The van der Waals surface area contributed by atoms with Crippen LogP contribution in [0.2, 0.25) is 0 Å². The first-order valence-corrected chi connectivity index (χ1v) is 18.4. The molecule has 0 spiro atoms. The van der Waals surface area contributed by atoms with E-state index in [9.17, 15) is 14.4 Å². The summed E-state index contributed by atoms with van der Waals surface area (Å²) in [5, 5.41) is 5.74. The Balaban J connectivity index is 1.06. The topological polar surface area (TPSA) is 87.7 Å². The van der Waals surface area contributed by atoms with Crippen molar-refractivity contribution in [2.45, 2.75) is 24.3 Å². The number of carbonyl (C=O) groups excluding carboxylic acids is 3. The highest BCUT2D eigenvalue weighted by molar-refractivity contribution is 8.00. The molecule has 0 atom stereocenters. The van der Waals surface area contributed by atoms with E-state index in [1.54, 1.807) is 36.4 Å². The normalized spacial score (nSPS) is 12.2. The molecule has 8 heteroatoms. The maximum Gasteiger partial charge on any atom is 0.272 e. The molecule has 2 N–H and O–H groups in total. The Bertz CT molecular complexity index is 2210. The molecular formula is C45H37N3O4S. The van der Waals surface area contributed by atoms with Crippen molar-refractivity contribution in [1.29, 1.82) is 0 Å². The number of anilines is 3. The second-order valence-electron chi connectivity index (χ2n) is 12.5. The lowest BCUT2D eigenvalue weighted by molar-refractivity contribution is -0.115. The fourth-order valence-corrected chi connectivity index (χ4v) is 6.93. The van der Waals surface area contributed by atoms with Gasteiger partial charge in [0, 0.05) is 16.1 Å². The molecule has 1 aliphatic rings. The zero-order valence-electron chi connectivity index (χ0n) is 28.9. The number of benzene rings is 6. The molecule has 53 heavy (non-hydrogen) atoms. The van der Waals surface area contributed by atoms with E-state index in [1.807, 2.05) is 120 Å². The van der Waals surface area contributed by atoms with Crippen molar-refractivity contribution < 1.29 is 19.1 Å². The Morgan fingerprint density at radius 1 is 0.679 bits per heavy atom. The van der Waals surface area contributed by atoms with Crippen LogP contribution in [0.3, 0.4) is 0 Å². The van der Waals surface area contributed by atoms with Crippen LogP contribution in [-0.4, -0.2) is 23.5 Å². The Kier molecular flexibility index (Phi) is 11.1. The molecule has 0 fully saturated rings. The van der Waals surface area contributed by atoms with Gasteiger partial charge in [-0.2, -0.15) is 0 Å². The van der Waals surface area contributed by atoms with Gasteiger partial charge < -0.3 is 15.4 Å². The lowest BCUT2D eigenvalue weighted by Gasteiger charge is -2.25. The molecule has 0 radical (unpaired) electrons. The molecule has 3 amide bonds. The van der Waals surface area contributed by atoms with Crippen molar-refractivity contribution in [3.63, 3.8) is 0 Å². The molecule has 1 aliphatic heterocycles. The lowest BCUT2D eigenvalue weighted by Crippen LogP contribution is -2.30. The number of aryl methyl sites for hydroxylation is 2. The summed E-state index contributed by atoms with van der Waals surface area (Å²) in [5.74, 6) is -0.0495. The second kappa shape index (κ2) is 16.8. The largest absolute Gasteiger partial charge is 0.489 e. The van der Waals surface area contributed by atoms with Gasteiger partial charge in [-0.3, -0.25) is 19.3 Å². The number of thioether (sulfide) groups is 1. The van der Waals surface area contributed by atoms with Gasteiger partial charge in [-0.1, -0.05) is 103 Å². The molecule has 7 nitrogen and oxygen atoms in total. The molecule has 0 aromatic heterocycles. The smallest absolute Gasteiger partial charge is 0.272 e. The molecule has 6 aromatic carbocycles. The standard InChI is InChI=1S/C45H37N3O4S/c49-43(48-41-20-9-7-14-34(41)24-25-35-15-8-10-21-42(35)48)31-53-39-19-11-18-37(29-39)46-45(51)40(47-44(50)36-16-5-2-6-17-36)28-32-22-26-38(27-23-32)52-30-33-12-3-1-4-13-33/h1-23,26-29H,24-25,30-31H2,(H,46,51)(H,47,50)/b40-28-. The Morgan fingerprint density at radius 2 is 1.30 bits per heavy atom. The number of ether oxygens (including phenoxy) is 1. The predicted octanol–water partition coefficient (Wildman–Crippen LogP) is 9.23. The third-order valence-corrected chi connectivity index (χ3v) is 9.78. The third kappa shape index (κ3) is 8.92. The van der Waals surface area contributed by atoms with Gasteiger partial charge in [0.05, 0.1) is 17.1 Å². The van der Waals surface area contributed by atoms with Crippen LogP contribution in [0, 0.1) is 0 Å². The Morgan fingerprint density at radius 3 is 1.98 bits per heavy atom. The molecular weight excluding hydrogens is 679 g/mol. The van der Waals surface area contributed by atoms with E-state index in [2.05, 4.69) is 22.8 Å². The van der Waals surface area contributed by atoms with Gasteiger partial charge in [0.1, 0.15) is 18.1 Å². The summed E-state index contributed by atoms with van der Waals surface area (Å²) in [7, 11) is 0. The number of para-hydroxylation sites is 2. The summed E-state index contributed by atoms with van der Waals surface area (Å²) in [6.07, 6.45) is 3.36. The summed E-state index contributed by atoms with van der Waals surface area (Å²) in [6, 6.07) is 49.4. The highest BCUT2D eigenvalue weighted by Crippen LogP contribution is 2.37. The summed E-state index contributed by atoms with van der Waals surface area (Å²) in [5.41, 5.74) is 6.90. The Labute approximate surface area is 313 Å². The van der Waals surface area contributed by atoms with E-state index >= 15 is 0 Å². The van der Waals surface area contributed by atoms with Crippen molar-refractivity contribution in [2.75, 3.05) is 16.0 Å². The minimum absolute atomic E-state index is 0.0310. The zero-order chi connectivity index (χ0) is 36.4. The number of carbonyl (C=O) groups is 3. The van der Waals surface area contributed by atoms with Crippen LogP contribution in [0.25, 0.3) is 6.08 Å². The average Bonchev–Trinajstić information content (AvgIpc) is 3.37. The predicted molar refractivity (Wildman–Crippen MR) is 212 cm³/mol. The number of hydrogen-bond acceptors (Lipinski definition) is 5. The van der Waals surface area contributed by atoms with E-state index in [0.717, 1.165) is 45.8 Å². The minimum Gasteiger partial charge on any atom is -0.489 e. The second-order valence-corrected chi connectivity index (χ2v) is 13.5. The van der Waals surface area contributed by atoms with Crippen LogP contribution in [0.4, 0.5) is 17.1 Å². The highest BCUT2D eigenvalue weighted by Gasteiger charge is 2.25. The van der Waals surface area contributed by atoms with Crippen LogP contribution in [-0.2, 0) is 29.0 Å². The summed E-state index contributed by atoms with van der Waals surface area (Å²) < 4.78 is 5.92. The number of hydrogen-bond donors (Lipinski definition) is 2. The highest BCUT2D eigenvalue weighted by atomic mass is 32.2. The molecule has 262 valence electrons. The molecule has 0 bridgehead atoms. The van der Waals surface area contributed by atoms with Crippen molar-refractivity contribution in [1.82, 2.24) is 5.32 Å². The minimum atomic E-state index is -0.491. The number of fused-ring (bicyclic) bond motifs is 2. The van der Waals surface area contributed by atoms with Gasteiger partial charge in [0.2, 0.25) is 5.91 Å². The first-order chi connectivity index (χ1) is 26.0. The monoisotopic (exact) mass is 715 g/mol. The first kappa shape index (κ1) is 35.0. The van der Waals surface area contributed by atoms with Gasteiger partial charge >= 0.3 is 0 Å². The fraction of sp³-hybridized carbons (Fsp3) is 0.0889. The number of amides is 3. The molecule has 7 rings (SSSR count). The van der Waals surface area contributed by atoms with Crippen molar-refractivity contribution >= 4 is 52.6 Å². The van der Waals surface area contributed by atoms with Crippen molar-refractivity contribution in [3.05, 3.63) is 191 Å². The molecule has 0 aliphatic carbocycles. The fourth-order valence-electron chi connectivity index (χ4n) is 6.13. The quantitative estimate of drug-likeness (QED) is 0.103. The SMILES string of the molecule is O=C(Nc1cccc(SCC(=O)N2c3ccccc3CCc3ccccc32)c1)/C(=C/c1ccc(OCc2ccccc2)cc1)NC(=O)c1ccccc1. The Hall–Kier alpha value is -6.38. The van der Waals surface area contributed by atoms with Crippen LogP contribution in [0.5, 0.6) is 5.75 Å². The number of nitrogens with one attached hydrogen (secondary N) is 2. The van der Waals surface area contributed by atoms with E-state index in [0.29, 0.717) is 29.2 Å². The lowest BCUT2D eigenvalue weighted by atomic mass is 10.0. The van der Waals surface area contributed by atoms with Crippen LogP contribution < -0.4 is 20.3 Å². The van der Waals surface area contributed by atoms with Crippen LogP contribution in [0.1, 0.15) is 32.6 Å².